The van der Waals surface area contributed by atoms with Gasteiger partial charge < -0.3 is 10.6 Å². The first-order chi connectivity index (χ1) is 10.2. The monoisotopic (exact) mass is 291 g/mol. The summed E-state index contributed by atoms with van der Waals surface area (Å²) in [6.07, 6.45) is 4.24. The number of hydrogen-bond donors (Lipinski definition) is 2. The second-order valence-corrected chi connectivity index (χ2v) is 5.98. The predicted octanol–water partition coefficient (Wildman–Crippen LogP) is 2.93. The zero-order chi connectivity index (χ0) is 15.2. The van der Waals surface area contributed by atoms with E-state index in [2.05, 4.69) is 53.2 Å². The smallest absolute Gasteiger partial charge is 0.135 e. The average molecular weight is 291 g/mol. The molecule has 1 atom stereocenters. The van der Waals surface area contributed by atoms with E-state index in [1.807, 2.05) is 0 Å². The third kappa shape index (κ3) is 3.84. The van der Waals surface area contributed by atoms with Gasteiger partial charge in [0.1, 0.15) is 18.0 Å². The second kappa shape index (κ2) is 7.59. The Morgan fingerprint density at radius 3 is 2.57 bits per heavy atom. The molecule has 0 amide bonds. The van der Waals surface area contributed by atoms with Gasteiger partial charge in [0.25, 0.3) is 0 Å². The normalized spacial score (nSPS) is 19.2. The molecule has 5 heteroatoms. The molecule has 0 bridgehead atoms. The Morgan fingerprint density at radius 2 is 1.95 bits per heavy atom. The van der Waals surface area contributed by atoms with Gasteiger partial charge in [0, 0.05) is 24.7 Å². The SMILES string of the molecule is CCNc1ncnc(NCC2CCCN2CC)c1C(C)C. The number of nitrogens with one attached hydrogen (secondary N) is 2. The first-order valence-corrected chi connectivity index (χ1v) is 8.24. The number of likely N-dealkylation sites (tertiary alicyclic amines) is 1. The molecule has 0 saturated carbocycles. The van der Waals surface area contributed by atoms with Crippen LogP contribution in [0.2, 0.25) is 0 Å². The number of nitrogens with zero attached hydrogens (tertiary/aromatic N) is 3. The van der Waals surface area contributed by atoms with Crippen LogP contribution in [0.15, 0.2) is 6.33 Å². The minimum Gasteiger partial charge on any atom is -0.370 e. The summed E-state index contributed by atoms with van der Waals surface area (Å²) < 4.78 is 0. The zero-order valence-electron chi connectivity index (χ0n) is 13.8. The minimum atomic E-state index is 0.397. The Morgan fingerprint density at radius 1 is 1.24 bits per heavy atom. The molecule has 2 heterocycles. The number of aromatic nitrogens is 2. The third-order valence-electron chi connectivity index (χ3n) is 4.22. The molecule has 0 aromatic carbocycles. The van der Waals surface area contributed by atoms with Crippen molar-refractivity contribution >= 4 is 11.6 Å². The van der Waals surface area contributed by atoms with Crippen LogP contribution < -0.4 is 10.6 Å². The Balaban J connectivity index is 2.10. The maximum atomic E-state index is 4.47. The van der Waals surface area contributed by atoms with Crippen LogP contribution in [0.3, 0.4) is 0 Å². The van der Waals surface area contributed by atoms with E-state index in [4.69, 9.17) is 0 Å². The topological polar surface area (TPSA) is 53.1 Å². The number of hydrogen-bond acceptors (Lipinski definition) is 5. The van der Waals surface area contributed by atoms with Crippen molar-refractivity contribution in [1.29, 1.82) is 0 Å². The van der Waals surface area contributed by atoms with Gasteiger partial charge in [-0.25, -0.2) is 9.97 Å². The van der Waals surface area contributed by atoms with Crippen molar-refractivity contribution in [1.82, 2.24) is 14.9 Å². The summed E-state index contributed by atoms with van der Waals surface area (Å²) in [6.45, 7) is 12.9. The molecule has 1 saturated heterocycles. The van der Waals surface area contributed by atoms with Gasteiger partial charge in [0.05, 0.1) is 0 Å². The minimum absolute atomic E-state index is 0.397. The van der Waals surface area contributed by atoms with E-state index in [9.17, 15) is 0 Å². The van der Waals surface area contributed by atoms with Crippen molar-refractivity contribution in [2.75, 3.05) is 36.8 Å². The maximum Gasteiger partial charge on any atom is 0.135 e. The number of likely N-dealkylation sites (N-methyl/N-ethyl adjacent to an activating group) is 1. The Kier molecular flexibility index (Phi) is 5.79. The lowest BCUT2D eigenvalue weighted by molar-refractivity contribution is 0.277. The van der Waals surface area contributed by atoms with E-state index in [1.165, 1.54) is 24.9 Å². The highest BCUT2D eigenvalue weighted by atomic mass is 15.2. The summed E-state index contributed by atoms with van der Waals surface area (Å²) in [4.78, 5) is 11.4. The van der Waals surface area contributed by atoms with Crippen LogP contribution in [0, 0.1) is 0 Å². The van der Waals surface area contributed by atoms with E-state index in [1.54, 1.807) is 6.33 Å². The van der Waals surface area contributed by atoms with E-state index in [0.717, 1.165) is 31.3 Å². The summed E-state index contributed by atoms with van der Waals surface area (Å²) in [5.41, 5.74) is 1.19. The van der Waals surface area contributed by atoms with Gasteiger partial charge in [0.15, 0.2) is 0 Å². The van der Waals surface area contributed by atoms with Crippen LogP contribution in [0.25, 0.3) is 0 Å². The van der Waals surface area contributed by atoms with Gasteiger partial charge in [-0.2, -0.15) is 0 Å². The fourth-order valence-corrected chi connectivity index (χ4v) is 3.15. The van der Waals surface area contributed by atoms with E-state index in [0.29, 0.717) is 12.0 Å². The van der Waals surface area contributed by atoms with Crippen LogP contribution in [0.5, 0.6) is 0 Å². The van der Waals surface area contributed by atoms with Gasteiger partial charge in [0.2, 0.25) is 0 Å². The molecule has 0 spiro atoms. The van der Waals surface area contributed by atoms with Crippen LogP contribution in [0.1, 0.15) is 52.0 Å². The fraction of sp³-hybridized carbons (Fsp3) is 0.750. The Hall–Kier alpha value is -1.36. The van der Waals surface area contributed by atoms with Crippen molar-refractivity contribution in [3.8, 4) is 0 Å². The summed E-state index contributed by atoms with van der Waals surface area (Å²) in [7, 11) is 0. The van der Waals surface area contributed by atoms with Gasteiger partial charge in [-0.3, -0.25) is 4.90 Å². The van der Waals surface area contributed by atoms with Crippen LogP contribution in [0.4, 0.5) is 11.6 Å². The highest BCUT2D eigenvalue weighted by Crippen LogP contribution is 2.28. The van der Waals surface area contributed by atoms with Crippen molar-refractivity contribution in [3.63, 3.8) is 0 Å². The van der Waals surface area contributed by atoms with Crippen molar-refractivity contribution in [3.05, 3.63) is 11.9 Å². The molecule has 0 aliphatic carbocycles. The van der Waals surface area contributed by atoms with E-state index < -0.39 is 0 Å². The molecule has 0 radical (unpaired) electrons. The Labute approximate surface area is 128 Å². The van der Waals surface area contributed by atoms with Gasteiger partial charge in [-0.05, 0) is 38.8 Å². The van der Waals surface area contributed by atoms with Crippen molar-refractivity contribution < 1.29 is 0 Å². The summed E-state index contributed by atoms with van der Waals surface area (Å²) >= 11 is 0. The molecular formula is C16H29N5. The standard InChI is InChI=1S/C16H29N5/c1-5-17-15-14(12(3)4)16(20-11-19-15)18-10-13-8-7-9-21(13)6-2/h11-13H,5-10H2,1-4H3,(H2,17,18,19,20). The molecule has 2 rings (SSSR count). The summed E-state index contributed by atoms with van der Waals surface area (Å²) in [5.74, 6) is 2.34. The van der Waals surface area contributed by atoms with Gasteiger partial charge in [-0.15, -0.1) is 0 Å². The van der Waals surface area contributed by atoms with E-state index in [-0.39, 0.29) is 0 Å². The molecule has 118 valence electrons. The second-order valence-electron chi connectivity index (χ2n) is 5.98. The molecule has 1 aliphatic heterocycles. The first kappa shape index (κ1) is 16.0. The molecule has 1 unspecified atom stereocenters. The van der Waals surface area contributed by atoms with Crippen LogP contribution >= 0.6 is 0 Å². The lowest BCUT2D eigenvalue weighted by Gasteiger charge is -2.24. The van der Waals surface area contributed by atoms with Crippen LogP contribution in [-0.4, -0.2) is 47.1 Å². The fourth-order valence-electron chi connectivity index (χ4n) is 3.15. The number of anilines is 2. The van der Waals surface area contributed by atoms with Gasteiger partial charge in [-0.1, -0.05) is 20.8 Å². The molecule has 2 N–H and O–H groups in total. The molecular weight excluding hydrogens is 262 g/mol. The molecule has 1 fully saturated rings. The molecule has 21 heavy (non-hydrogen) atoms. The first-order valence-electron chi connectivity index (χ1n) is 8.24. The molecule has 1 aromatic rings. The third-order valence-corrected chi connectivity index (χ3v) is 4.22. The zero-order valence-corrected chi connectivity index (χ0v) is 13.8. The molecule has 5 nitrogen and oxygen atoms in total. The average Bonchev–Trinajstić information content (AvgIpc) is 2.92. The summed E-state index contributed by atoms with van der Waals surface area (Å²) in [5, 5.41) is 6.91. The molecule has 1 aromatic heterocycles. The van der Waals surface area contributed by atoms with Crippen molar-refractivity contribution in [2.45, 2.75) is 52.5 Å². The predicted molar refractivity (Wildman–Crippen MR) is 89.0 cm³/mol. The quantitative estimate of drug-likeness (QED) is 0.809. The Bertz CT molecular complexity index is 446. The maximum absolute atomic E-state index is 4.47. The largest absolute Gasteiger partial charge is 0.370 e. The summed E-state index contributed by atoms with van der Waals surface area (Å²) in [6, 6.07) is 0.632. The number of rotatable bonds is 7. The van der Waals surface area contributed by atoms with Crippen LogP contribution in [-0.2, 0) is 0 Å². The highest BCUT2D eigenvalue weighted by molar-refractivity contribution is 5.59. The highest BCUT2D eigenvalue weighted by Gasteiger charge is 2.23. The van der Waals surface area contributed by atoms with Crippen molar-refractivity contribution in [2.24, 2.45) is 0 Å². The lowest BCUT2D eigenvalue weighted by atomic mass is 10.0. The molecule has 1 aliphatic rings. The lowest BCUT2D eigenvalue weighted by Crippen LogP contribution is -2.35. The van der Waals surface area contributed by atoms with Gasteiger partial charge >= 0.3 is 0 Å². The van der Waals surface area contributed by atoms with E-state index >= 15 is 0 Å².